The maximum atomic E-state index is 2.32. The number of hydrogen-bond acceptors (Lipinski definition) is 0. The molecule has 19 heavy (non-hydrogen) atoms. The fourth-order valence-electron chi connectivity index (χ4n) is 3.91. The van der Waals surface area contributed by atoms with Crippen LogP contribution in [0.2, 0.25) is 0 Å². The molecule has 2 aromatic carbocycles. The fraction of sp³-hybridized carbons (Fsp3) is 0.158. The molecule has 0 bridgehead atoms. The summed E-state index contributed by atoms with van der Waals surface area (Å²) in [7, 11) is 0. The molecule has 3 aliphatic rings. The molecule has 0 radical (unpaired) electrons. The molecule has 3 aliphatic carbocycles. The average molecular weight is 242 g/mol. The van der Waals surface area contributed by atoms with E-state index in [-0.39, 0.29) is 0 Å². The van der Waals surface area contributed by atoms with E-state index in [4.69, 9.17) is 0 Å². The zero-order valence-electron chi connectivity index (χ0n) is 10.7. The molecule has 0 heterocycles. The first-order chi connectivity index (χ1) is 9.42. The summed E-state index contributed by atoms with van der Waals surface area (Å²) in [6.45, 7) is 0. The Bertz CT molecular complexity index is 721. The molecule has 5 rings (SSSR count). The summed E-state index contributed by atoms with van der Waals surface area (Å²) in [5.74, 6) is 0. The van der Waals surface area contributed by atoms with Gasteiger partial charge in [-0.15, -0.1) is 0 Å². The molecule has 0 saturated carbocycles. The molecule has 0 heteroatoms. The van der Waals surface area contributed by atoms with E-state index >= 15 is 0 Å². The molecule has 0 nitrogen and oxygen atoms in total. The Morgan fingerprint density at radius 2 is 1.11 bits per heavy atom. The number of benzene rings is 2. The Kier molecular flexibility index (Phi) is 1.69. The number of allylic oxidation sites excluding steroid dienone is 2. The second-order valence-electron chi connectivity index (χ2n) is 5.71. The summed E-state index contributed by atoms with van der Waals surface area (Å²) in [6.07, 6.45) is 12.5. The number of fused-ring (bicyclic) bond motifs is 7. The first-order valence-corrected chi connectivity index (χ1v) is 7.05. The van der Waals surface area contributed by atoms with Crippen molar-refractivity contribution in [1.82, 2.24) is 0 Å². The van der Waals surface area contributed by atoms with Crippen molar-refractivity contribution in [1.29, 1.82) is 0 Å². The lowest BCUT2D eigenvalue weighted by atomic mass is 9.97. The van der Waals surface area contributed by atoms with Crippen molar-refractivity contribution in [3.05, 3.63) is 69.8 Å². The van der Waals surface area contributed by atoms with Gasteiger partial charge >= 0.3 is 0 Å². The minimum Gasteiger partial charge on any atom is -0.0795 e. The van der Waals surface area contributed by atoms with Crippen molar-refractivity contribution in [3.8, 4) is 11.1 Å². The van der Waals surface area contributed by atoms with Crippen LogP contribution < -0.4 is 0 Å². The minimum atomic E-state index is 1.12. The van der Waals surface area contributed by atoms with Crippen LogP contribution in [0.15, 0.2) is 36.4 Å². The van der Waals surface area contributed by atoms with Gasteiger partial charge in [0.15, 0.2) is 0 Å². The van der Waals surface area contributed by atoms with Gasteiger partial charge in [0.25, 0.3) is 0 Å². The molecule has 0 fully saturated rings. The highest BCUT2D eigenvalue weighted by atomic mass is 14.3. The van der Waals surface area contributed by atoms with Gasteiger partial charge in [-0.25, -0.2) is 0 Å². The highest BCUT2D eigenvalue weighted by Gasteiger charge is 2.26. The van der Waals surface area contributed by atoms with Gasteiger partial charge < -0.3 is 0 Å². The molecule has 0 N–H and O–H groups in total. The normalized spacial score (nSPS) is 16.4. The molecule has 0 aliphatic heterocycles. The molecule has 0 unspecified atom stereocenters. The number of hydrogen-bond donors (Lipinski definition) is 0. The molecule has 2 aromatic rings. The lowest BCUT2D eigenvalue weighted by molar-refractivity contribution is 1.13. The van der Waals surface area contributed by atoms with Gasteiger partial charge in [0.1, 0.15) is 0 Å². The smallest absolute Gasteiger partial charge is 0.000731 e. The Morgan fingerprint density at radius 3 is 1.63 bits per heavy atom. The van der Waals surface area contributed by atoms with Gasteiger partial charge in [-0.05, 0) is 63.8 Å². The van der Waals surface area contributed by atoms with Gasteiger partial charge in [-0.1, -0.05) is 48.6 Å². The zero-order chi connectivity index (χ0) is 12.4. The minimum absolute atomic E-state index is 1.12. The molecular formula is C19H14. The van der Waals surface area contributed by atoms with Gasteiger partial charge in [-0.2, -0.15) is 0 Å². The van der Waals surface area contributed by atoms with Crippen LogP contribution in [-0.2, 0) is 19.3 Å². The van der Waals surface area contributed by atoms with Crippen LogP contribution in [-0.4, -0.2) is 0 Å². The summed E-state index contributed by atoms with van der Waals surface area (Å²) >= 11 is 0. The first kappa shape index (κ1) is 9.80. The largest absolute Gasteiger partial charge is 0.0795 e. The van der Waals surface area contributed by atoms with E-state index in [9.17, 15) is 0 Å². The predicted octanol–water partition coefficient (Wildman–Crippen LogP) is 4.40. The van der Waals surface area contributed by atoms with E-state index in [0.717, 1.165) is 19.3 Å². The second-order valence-corrected chi connectivity index (χ2v) is 5.71. The standard InChI is InChI=1S/C19H14/c1-3-12-7-9-16-17-10-8-13-4-2-6-15(13)19(17)11-18(16)14(12)5-1/h1-4,7-10H,5-6,11H2. The van der Waals surface area contributed by atoms with E-state index in [1.807, 2.05) is 0 Å². The Hall–Kier alpha value is -2.08. The molecule has 0 aromatic heterocycles. The summed E-state index contributed by atoms with van der Waals surface area (Å²) < 4.78 is 0. The summed E-state index contributed by atoms with van der Waals surface area (Å²) in [5.41, 5.74) is 12.1. The third kappa shape index (κ3) is 1.14. The Labute approximate surface area is 113 Å². The quantitative estimate of drug-likeness (QED) is 0.548. The van der Waals surface area contributed by atoms with E-state index in [1.54, 1.807) is 22.3 Å². The van der Waals surface area contributed by atoms with Gasteiger partial charge in [0.05, 0.1) is 0 Å². The van der Waals surface area contributed by atoms with Crippen molar-refractivity contribution in [2.75, 3.05) is 0 Å². The second kappa shape index (κ2) is 3.27. The van der Waals surface area contributed by atoms with E-state index in [2.05, 4.69) is 48.6 Å². The van der Waals surface area contributed by atoms with E-state index in [0.29, 0.717) is 0 Å². The molecule has 90 valence electrons. The Balaban J connectivity index is 1.79. The van der Waals surface area contributed by atoms with Crippen molar-refractivity contribution in [3.63, 3.8) is 0 Å². The number of rotatable bonds is 0. The van der Waals surface area contributed by atoms with Crippen LogP contribution in [0.1, 0.15) is 33.4 Å². The highest BCUT2D eigenvalue weighted by Crippen LogP contribution is 2.44. The van der Waals surface area contributed by atoms with Crippen molar-refractivity contribution < 1.29 is 0 Å². The zero-order valence-corrected chi connectivity index (χ0v) is 10.7. The average Bonchev–Trinajstić information content (AvgIpc) is 3.14. The van der Waals surface area contributed by atoms with Crippen LogP contribution in [0, 0.1) is 0 Å². The van der Waals surface area contributed by atoms with Crippen LogP contribution in [0.5, 0.6) is 0 Å². The summed E-state index contributed by atoms with van der Waals surface area (Å²) in [5, 5.41) is 0. The first-order valence-electron chi connectivity index (χ1n) is 7.05. The van der Waals surface area contributed by atoms with E-state index in [1.165, 1.54) is 22.3 Å². The third-order valence-corrected chi connectivity index (χ3v) is 4.82. The maximum absolute atomic E-state index is 2.32. The van der Waals surface area contributed by atoms with Crippen LogP contribution in [0.4, 0.5) is 0 Å². The lowest BCUT2D eigenvalue weighted by Gasteiger charge is -2.07. The van der Waals surface area contributed by atoms with Crippen LogP contribution in [0.25, 0.3) is 23.3 Å². The summed E-state index contributed by atoms with van der Waals surface area (Å²) in [6, 6.07) is 9.23. The molecule has 0 amide bonds. The van der Waals surface area contributed by atoms with Gasteiger partial charge in [0, 0.05) is 0 Å². The van der Waals surface area contributed by atoms with Crippen molar-refractivity contribution in [2.45, 2.75) is 19.3 Å². The molecule has 0 atom stereocenters. The molecule has 0 saturated heterocycles. The topological polar surface area (TPSA) is 0 Å². The lowest BCUT2D eigenvalue weighted by Crippen LogP contribution is -1.93. The van der Waals surface area contributed by atoms with Crippen LogP contribution in [0.3, 0.4) is 0 Å². The SMILES string of the molecule is C1=Cc2ccc3c(c2C1)Cc1c-3ccc2c1CC=C2. The van der Waals surface area contributed by atoms with Crippen molar-refractivity contribution >= 4 is 12.2 Å². The van der Waals surface area contributed by atoms with Crippen LogP contribution >= 0.6 is 0 Å². The maximum Gasteiger partial charge on any atom is -0.000731 e. The Morgan fingerprint density at radius 1 is 0.579 bits per heavy atom. The van der Waals surface area contributed by atoms with Gasteiger partial charge in [-0.3, -0.25) is 0 Å². The van der Waals surface area contributed by atoms with Crippen molar-refractivity contribution in [2.24, 2.45) is 0 Å². The predicted molar refractivity (Wildman–Crippen MR) is 80.2 cm³/mol. The van der Waals surface area contributed by atoms with E-state index < -0.39 is 0 Å². The third-order valence-electron chi connectivity index (χ3n) is 4.82. The fourth-order valence-corrected chi connectivity index (χ4v) is 3.91. The highest BCUT2D eigenvalue weighted by molar-refractivity contribution is 5.84. The van der Waals surface area contributed by atoms with Gasteiger partial charge in [0.2, 0.25) is 0 Å². The summed E-state index contributed by atoms with van der Waals surface area (Å²) in [4.78, 5) is 0. The monoisotopic (exact) mass is 242 g/mol. The molecule has 0 spiro atoms. The molecular weight excluding hydrogens is 228 g/mol.